The van der Waals surface area contributed by atoms with E-state index in [9.17, 15) is 14.4 Å². The number of fused-ring (bicyclic) bond motifs is 3. The smallest absolute Gasteiger partial charge is 0.258 e. The third-order valence-electron chi connectivity index (χ3n) is 7.62. The molecule has 0 saturated carbocycles. The minimum absolute atomic E-state index is 0.114. The molecule has 190 valence electrons. The normalized spacial score (nSPS) is 22.8. The number of carbonyl (C=O) groups excluding carboxylic acids is 1. The summed E-state index contributed by atoms with van der Waals surface area (Å²) in [5.41, 5.74) is 3.52. The van der Waals surface area contributed by atoms with Gasteiger partial charge in [0.05, 0.1) is 52.5 Å². The number of pyridine rings is 2. The summed E-state index contributed by atoms with van der Waals surface area (Å²) in [5, 5.41) is 12.8. The molecule has 1 N–H and O–H groups in total. The van der Waals surface area contributed by atoms with Crippen molar-refractivity contribution < 1.29 is 13.9 Å². The van der Waals surface area contributed by atoms with Crippen molar-refractivity contribution in [2.45, 2.75) is 43.9 Å². The number of halogens is 1. The minimum atomic E-state index is -0.508. The average Bonchev–Trinajstić information content (AvgIpc) is 3.55. The van der Waals surface area contributed by atoms with Gasteiger partial charge in [-0.05, 0) is 62.6 Å². The molecule has 2 bridgehead atoms. The second-order valence-corrected chi connectivity index (χ2v) is 10.3. The van der Waals surface area contributed by atoms with Crippen molar-refractivity contribution in [3.63, 3.8) is 0 Å². The van der Waals surface area contributed by atoms with Gasteiger partial charge < -0.3 is 19.9 Å². The van der Waals surface area contributed by atoms with Gasteiger partial charge in [-0.25, -0.2) is 9.37 Å². The molecule has 0 radical (unpaired) electrons. The van der Waals surface area contributed by atoms with Crippen molar-refractivity contribution in [1.29, 1.82) is 5.26 Å². The van der Waals surface area contributed by atoms with E-state index in [1.807, 2.05) is 13.1 Å². The van der Waals surface area contributed by atoms with Crippen LogP contribution in [0.5, 0.6) is 0 Å². The van der Waals surface area contributed by atoms with E-state index in [1.54, 1.807) is 29.3 Å². The van der Waals surface area contributed by atoms with Crippen LogP contribution < -0.4 is 10.2 Å². The topological polar surface area (TPSA) is 94.4 Å². The lowest BCUT2D eigenvalue weighted by atomic mass is 10.0. The zero-order valence-corrected chi connectivity index (χ0v) is 20.8. The van der Waals surface area contributed by atoms with Gasteiger partial charge in [-0.15, -0.1) is 0 Å². The highest BCUT2D eigenvalue weighted by atomic mass is 19.1. The Hall–Kier alpha value is -3.61. The summed E-state index contributed by atoms with van der Waals surface area (Å²) in [4.78, 5) is 27.5. The van der Waals surface area contributed by atoms with Crippen molar-refractivity contribution in [3.05, 3.63) is 53.5 Å². The summed E-state index contributed by atoms with van der Waals surface area (Å²) >= 11 is 0. The van der Waals surface area contributed by atoms with Crippen molar-refractivity contribution in [3.8, 4) is 17.3 Å². The van der Waals surface area contributed by atoms with E-state index < -0.39 is 5.82 Å². The Kier molecular flexibility index (Phi) is 6.22. The van der Waals surface area contributed by atoms with Gasteiger partial charge in [0.25, 0.3) is 5.91 Å². The molecule has 2 aromatic heterocycles. The number of benzene rings is 1. The van der Waals surface area contributed by atoms with Gasteiger partial charge in [-0.3, -0.25) is 9.78 Å². The number of ether oxygens (including phenoxy) is 1. The van der Waals surface area contributed by atoms with Crippen LogP contribution in [0.4, 0.5) is 10.1 Å². The first kappa shape index (κ1) is 23.8. The highest BCUT2D eigenvalue weighted by Gasteiger charge is 2.36. The molecule has 3 fully saturated rings. The lowest BCUT2D eigenvalue weighted by Crippen LogP contribution is -2.44. The maximum absolute atomic E-state index is 14.2. The number of anilines is 1. The molecule has 3 aliphatic rings. The molecule has 3 saturated heterocycles. The number of amides is 1. The predicted molar refractivity (Wildman–Crippen MR) is 138 cm³/mol. The molecule has 1 amide bonds. The highest BCUT2D eigenvalue weighted by molar-refractivity contribution is 6.09. The van der Waals surface area contributed by atoms with Crippen molar-refractivity contribution in [2.24, 2.45) is 0 Å². The van der Waals surface area contributed by atoms with Crippen LogP contribution in [0.1, 0.15) is 41.6 Å². The first-order chi connectivity index (χ1) is 18.0. The van der Waals surface area contributed by atoms with E-state index in [-0.39, 0.29) is 29.7 Å². The number of morpholine rings is 1. The Morgan fingerprint density at radius 3 is 2.78 bits per heavy atom. The molecule has 3 atom stereocenters. The van der Waals surface area contributed by atoms with Crippen LogP contribution in [0.3, 0.4) is 0 Å². The maximum atomic E-state index is 14.2. The third kappa shape index (κ3) is 4.63. The van der Waals surface area contributed by atoms with E-state index >= 15 is 0 Å². The van der Waals surface area contributed by atoms with E-state index in [1.165, 1.54) is 12.1 Å². The quantitative estimate of drug-likeness (QED) is 0.573. The number of nitriles is 1. The molecular weight excluding hydrogens is 471 g/mol. The van der Waals surface area contributed by atoms with Crippen LogP contribution in [0.25, 0.3) is 22.3 Å². The van der Waals surface area contributed by atoms with E-state index in [4.69, 9.17) is 9.72 Å². The van der Waals surface area contributed by atoms with Gasteiger partial charge in [-0.2, -0.15) is 5.26 Å². The van der Waals surface area contributed by atoms with Crippen molar-refractivity contribution in [1.82, 2.24) is 20.2 Å². The number of rotatable bonds is 5. The third-order valence-corrected chi connectivity index (χ3v) is 7.62. The summed E-state index contributed by atoms with van der Waals surface area (Å²) in [5.74, 6) is -0.622. The van der Waals surface area contributed by atoms with Crippen LogP contribution in [0, 0.1) is 17.1 Å². The minimum Gasteiger partial charge on any atom is -0.371 e. The number of aromatic nitrogens is 2. The molecule has 0 aliphatic carbocycles. The highest BCUT2D eigenvalue weighted by Crippen LogP contribution is 2.35. The monoisotopic (exact) mass is 500 g/mol. The zero-order chi connectivity index (χ0) is 25.5. The lowest BCUT2D eigenvalue weighted by Gasteiger charge is -2.35. The van der Waals surface area contributed by atoms with E-state index in [2.05, 4.69) is 15.2 Å². The Morgan fingerprint density at radius 2 is 2.05 bits per heavy atom. The standard InChI is InChI=1S/C28H29FN6O2/c1-34(14-20-3-2-8-31-20)28(36)26-25(35-15-21-4-5-22(16-35)37-21)13-32-24-7-6-23(33-27(24)26)18-9-17(12-30)10-19(29)11-18/h6-7,9-11,13,20-22,31H,2-5,8,14-16H2,1H3/t20-,21?,22?/m0/s1. The lowest BCUT2D eigenvalue weighted by molar-refractivity contribution is 0.0303. The SMILES string of the molecule is CN(C[C@@H]1CCCN1)C(=O)c1c(N2CC3CCC(C2)O3)cnc2ccc(-c3cc(F)cc(C#N)c3)nc12. The van der Waals surface area contributed by atoms with Crippen LogP contribution in [0.15, 0.2) is 36.5 Å². The summed E-state index contributed by atoms with van der Waals surface area (Å²) in [6, 6.07) is 9.97. The number of hydrogen-bond acceptors (Lipinski definition) is 7. The van der Waals surface area contributed by atoms with E-state index in [0.29, 0.717) is 47.5 Å². The molecule has 5 heterocycles. The Balaban J connectivity index is 1.47. The molecule has 3 aliphatic heterocycles. The molecule has 9 heteroatoms. The molecule has 37 heavy (non-hydrogen) atoms. The summed E-state index contributed by atoms with van der Waals surface area (Å²) in [6.45, 7) is 2.97. The fourth-order valence-electron chi connectivity index (χ4n) is 5.80. The second-order valence-electron chi connectivity index (χ2n) is 10.3. The second kappa shape index (κ2) is 9.69. The number of nitrogens with zero attached hydrogens (tertiary/aromatic N) is 5. The summed E-state index contributed by atoms with van der Waals surface area (Å²) in [6.07, 6.45) is 6.25. The molecule has 0 spiro atoms. The maximum Gasteiger partial charge on any atom is 0.258 e. The average molecular weight is 501 g/mol. The van der Waals surface area contributed by atoms with Crippen LogP contribution in [-0.4, -0.2) is 72.3 Å². The summed E-state index contributed by atoms with van der Waals surface area (Å²) in [7, 11) is 1.83. The molecule has 1 aromatic carbocycles. The fraction of sp³-hybridized carbons (Fsp3) is 0.429. The first-order valence-corrected chi connectivity index (χ1v) is 12.9. The molecule has 6 rings (SSSR count). The number of likely N-dealkylation sites (N-methyl/N-ethyl adjacent to an activating group) is 1. The Bertz CT molecular complexity index is 1390. The van der Waals surface area contributed by atoms with Gasteiger partial charge in [-0.1, -0.05) is 0 Å². The van der Waals surface area contributed by atoms with E-state index in [0.717, 1.165) is 37.9 Å². The van der Waals surface area contributed by atoms with Gasteiger partial charge >= 0.3 is 0 Å². The largest absolute Gasteiger partial charge is 0.371 e. The van der Waals surface area contributed by atoms with Crippen molar-refractivity contribution >= 4 is 22.6 Å². The van der Waals surface area contributed by atoms with Gasteiger partial charge in [0.15, 0.2) is 0 Å². The number of hydrogen-bond donors (Lipinski definition) is 1. The van der Waals surface area contributed by atoms with Gasteiger partial charge in [0.1, 0.15) is 11.3 Å². The van der Waals surface area contributed by atoms with Gasteiger partial charge in [0.2, 0.25) is 0 Å². The fourth-order valence-corrected chi connectivity index (χ4v) is 5.80. The first-order valence-electron chi connectivity index (χ1n) is 12.9. The number of carbonyl (C=O) groups is 1. The van der Waals surface area contributed by atoms with Crippen LogP contribution in [-0.2, 0) is 4.74 Å². The predicted octanol–water partition coefficient (Wildman–Crippen LogP) is 3.50. The van der Waals surface area contributed by atoms with Gasteiger partial charge in [0, 0.05) is 38.3 Å². The molecule has 2 unspecified atom stereocenters. The molecular formula is C28H29FN6O2. The van der Waals surface area contributed by atoms with Crippen LogP contribution in [0.2, 0.25) is 0 Å². The van der Waals surface area contributed by atoms with Crippen molar-refractivity contribution in [2.75, 3.05) is 38.1 Å². The Labute approximate surface area is 215 Å². The Morgan fingerprint density at radius 1 is 1.24 bits per heavy atom. The zero-order valence-electron chi connectivity index (χ0n) is 20.8. The molecule has 3 aromatic rings. The summed E-state index contributed by atoms with van der Waals surface area (Å²) < 4.78 is 20.3. The van der Waals surface area contributed by atoms with Crippen LogP contribution >= 0.6 is 0 Å². The molecule has 8 nitrogen and oxygen atoms in total. The number of nitrogens with one attached hydrogen (secondary N) is 1.